The van der Waals surface area contributed by atoms with E-state index in [-0.39, 0.29) is 35.3 Å². The average Bonchev–Trinajstić information content (AvgIpc) is 3.68. The van der Waals surface area contributed by atoms with Crippen LogP contribution in [0, 0.1) is 0 Å². The standard InChI is InChI=1S/C21H25NO5.C20H25NO4.C5H10O.B.Li.H/c1-21(2,3)27-20(24)22-18(19(23)25-4)16-10-12-17(13-11-16)26-14-15-8-6-5-7-9-15;1-20(2,3)25-19(23)21-18(13-22)16-9-11-17(12-10-16)24-14-15-7-5-4-6-8-15;1-5-3-2-4-6-5;;;/h5-13,18H,14H2,1-4H3,(H,22,24);4-12,18,22H,13-14H2,1-3H3,(H,21,23);5H,2-4H2,1H3;;;/q;;;;+1;-1/t2*18-;;;;/m10..../s1. The summed E-state index contributed by atoms with van der Waals surface area (Å²) in [7, 11) is 1.27. The molecule has 3 radical (unpaired) electrons. The topological polar surface area (TPSA) is 151 Å². The molecule has 1 aliphatic rings. The zero-order valence-electron chi connectivity index (χ0n) is 37.6. The SMILES string of the molecule is CC(C)(C)OC(=O)N[C@@H](CO)c1ccc(OCc2ccccc2)cc1.CC1CCCO1.COC(=O)[C@H](NC(=O)OC(C)(C)C)c1ccc(OCc2ccccc2)cc1.[B].[H-].[Li+]. The van der Waals surface area contributed by atoms with E-state index < -0.39 is 41.4 Å². The second-order valence-electron chi connectivity index (χ2n) is 15.5. The van der Waals surface area contributed by atoms with Crippen molar-refractivity contribution in [2.24, 2.45) is 0 Å². The molecule has 0 bridgehead atoms. The Kier molecular flexibility index (Phi) is 23.9. The molecule has 3 atom stereocenters. The van der Waals surface area contributed by atoms with Gasteiger partial charge in [0, 0.05) is 15.0 Å². The van der Waals surface area contributed by atoms with Gasteiger partial charge in [0.05, 0.1) is 25.9 Å². The predicted octanol–water partition coefficient (Wildman–Crippen LogP) is 5.75. The molecule has 0 saturated carbocycles. The molecule has 12 nitrogen and oxygen atoms in total. The van der Waals surface area contributed by atoms with Gasteiger partial charge in [-0.15, -0.1) is 0 Å². The molecule has 1 saturated heterocycles. The molecule has 1 heterocycles. The van der Waals surface area contributed by atoms with Crippen molar-refractivity contribution in [3.8, 4) is 11.5 Å². The number of alkyl carbamates (subject to hydrolysis) is 2. The first kappa shape index (κ1) is 53.1. The van der Waals surface area contributed by atoms with Crippen LogP contribution in [0.5, 0.6) is 11.5 Å². The first-order chi connectivity index (χ1) is 27.5. The molecule has 1 fully saturated rings. The average molecular weight is 820 g/mol. The molecule has 1 unspecified atom stereocenters. The van der Waals surface area contributed by atoms with Crippen LogP contribution in [0.15, 0.2) is 109 Å². The van der Waals surface area contributed by atoms with Crippen LogP contribution in [0.1, 0.15) is 97.1 Å². The third-order valence-electron chi connectivity index (χ3n) is 8.12. The van der Waals surface area contributed by atoms with Crippen LogP contribution in [-0.2, 0) is 37.0 Å². The van der Waals surface area contributed by atoms with Crippen LogP contribution < -0.4 is 39.0 Å². The number of nitrogens with one attached hydrogen (secondary N) is 2. The fourth-order valence-electron chi connectivity index (χ4n) is 5.28. The molecule has 1 aliphatic heterocycles. The molecular weight excluding hydrogens is 758 g/mol. The van der Waals surface area contributed by atoms with Crippen LogP contribution in [0.4, 0.5) is 9.59 Å². The van der Waals surface area contributed by atoms with Crippen molar-refractivity contribution < 1.29 is 68.2 Å². The summed E-state index contributed by atoms with van der Waals surface area (Å²) in [5.74, 6) is 0.795. The minimum absolute atomic E-state index is 0. The maximum absolute atomic E-state index is 12.1. The van der Waals surface area contributed by atoms with E-state index in [9.17, 15) is 19.5 Å². The number of amides is 2. The quantitative estimate of drug-likeness (QED) is 0.0917. The third-order valence-corrected chi connectivity index (χ3v) is 8.12. The molecular formula is C46H61BLiN2O10. The van der Waals surface area contributed by atoms with Crippen LogP contribution >= 0.6 is 0 Å². The fourth-order valence-corrected chi connectivity index (χ4v) is 5.28. The summed E-state index contributed by atoms with van der Waals surface area (Å²) in [5, 5.41) is 14.8. The van der Waals surface area contributed by atoms with E-state index in [1.165, 1.54) is 20.0 Å². The van der Waals surface area contributed by atoms with Crippen molar-refractivity contribution in [2.75, 3.05) is 20.3 Å². The van der Waals surface area contributed by atoms with E-state index in [0.717, 1.165) is 29.0 Å². The van der Waals surface area contributed by atoms with Crippen LogP contribution in [0.2, 0.25) is 0 Å². The minimum Gasteiger partial charge on any atom is -1.00 e. The molecule has 60 heavy (non-hydrogen) atoms. The Morgan fingerprint density at radius 2 is 1.15 bits per heavy atom. The third kappa shape index (κ3) is 21.4. The first-order valence-corrected chi connectivity index (χ1v) is 19.4. The fraction of sp³-hybridized carbons (Fsp3) is 0.413. The van der Waals surface area contributed by atoms with Crippen molar-refractivity contribution in [1.29, 1.82) is 0 Å². The summed E-state index contributed by atoms with van der Waals surface area (Å²) >= 11 is 0. The van der Waals surface area contributed by atoms with Gasteiger partial charge in [0.25, 0.3) is 0 Å². The van der Waals surface area contributed by atoms with Gasteiger partial charge in [0.1, 0.15) is 35.9 Å². The van der Waals surface area contributed by atoms with Gasteiger partial charge in [0.15, 0.2) is 6.04 Å². The van der Waals surface area contributed by atoms with Gasteiger partial charge in [-0.25, -0.2) is 14.4 Å². The Bertz CT molecular complexity index is 1810. The van der Waals surface area contributed by atoms with E-state index in [0.29, 0.717) is 30.6 Å². The second kappa shape index (κ2) is 27.0. The van der Waals surface area contributed by atoms with Gasteiger partial charge in [-0.2, -0.15) is 0 Å². The van der Waals surface area contributed by atoms with Gasteiger partial charge in [-0.05, 0) is 108 Å². The van der Waals surface area contributed by atoms with Gasteiger partial charge in [-0.3, -0.25) is 0 Å². The number of ether oxygens (including phenoxy) is 6. The predicted molar refractivity (Wildman–Crippen MR) is 229 cm³/mol. The van der Waals surface area contributed by atoms with E-state index in [4.69, 9.17) is 28.4 Å². The summed E-state index contributed by atoms with van der Waals surface area (Å²) < 4.78 is 31.8. The van der Waals surface area contributed by atoms with Crippen molar-refractivity contribution in [1.82, 2.24) is 10.6 Å². The zero-order chi connectivity index (χ0) is 42.6. The van der Waals surface area contributed by atoms with Crippen LogP contribution in [0.25, 0.3) is 0 Å². The molecule has 319 valence electrons. The van der Waals surface area contributed by atoms with Gasteiger partial charge < -0.3 is 45.6 Å². The summed E-state index contributed by atoms with van der Waals surface area (Å²) in [5.41, 5.74) is 2.24. The van der Waals surface area contributed by atoms with Gasteiger partial charge in [0.2, 0.25) is 0 Å². The number of rotatable bonds is 12. The Balaban J connectivity index is 0.000000993. The maximum Gasteiger partial charge on any atom is 1.00 e. The molecule has 4 aromatic rings. The number of esters is 1. The largest absolute Gasteiger partial charge is 1.00 e. The Hall–Kier alpha value is -4.93. The van der Waals surface area contributed by atoms with Crippen molar-refractivity contribution in [2.45, 2.75) is 104 Å². The minimum atomic E-state index is -0.965. The number of hydrogen-bond acceptors (Lipinski definition) is 10. The zero-order valence-corrected chi connectivity index (χ0v) is 36.6. The molecule has 0 aromatic heterocycles. The molecule has 2 amide bonds. The number of methoxy groups -OCH3 is 1. The summed E-state index contributed by atoms with van der Waals surface area (Å²) in [4.78, 5) is 36.0. The number of carbonyl (C=O) groups excluding carboxylic acids is 3. The Morgan fingerprint density at radius 1 is 0.717 bits per heavy atom. The Labute approximate surface area is 371 Å². The van der Waals surface area contributed by atoms with E-state index >= 15 is 0 Å². The number of carbonyl (C=O) groups is 3. The monoisotopic (exact) mass is 819 g/mol. The van der Waals surface area contributed by atoms with Crippen LogP contribution in [-0.4, -0.2) is 69.3 Å². The van der Waals surface area contributed by atoms with Gasteiger partial charge in [-0.1, -0.05) is 84.9 Å². The molecule has 4 aromatic carbocycles. The molecule has 3 N–H and O–H groups in total. The summed E-state index contributed by atoms with van der Waals surface area (Å²) in [6.45, 7) is 14.4. The molecule has 14 heteroatoms. The first-order valence-electron chi connectivity index (χ1n) is 19.4. The van der Waals surface area contributed by atoms with E-state index in [1.54, 1.807) is 65.8 Å². The van der Waals surface area contributed by atoms with E-state index in [1.807, 2.05) is 84.9 Å². The van der Waals surface area contributed by atoms with E-state index in [2.05, 4.69) is 17.6 Å². The number of benzene rings is 4. The number of hydrogen-bond donors (Lipinski definition) is 3. The maximum atomic E-state index is 12.1. The molecule has 0 spiro atoms. The second-order valence-corrected chi connectivity index (χ2v) is 15.5. The molecule has 0 aliphatic carbocycles. The Morgan fingerprint density at radius 3 is 1.50 bits per heavy atom. The normalized spacial score (nSPS) is 14.0. The van der Waals surface area contributed by atoms with Crippen LogP contribution in [0.3, 0.4) is 0 Å². The van der Waals surface area contributed by atoms with Gasteiger partial charge >= 0.3 is 37.0 Å². The number of aliphatic hydroxyl groups excluding tert-OH is 1. The smallest absolute Gasteiger partial charge is 1.00 e. The molecule has 5 rings (SSSR count). The number of aliphatic hydroxyl groups is 1. The van der Waals surface area contributed by atoms with Crippen molar-refractivity contribution in [3.63, 3.8) is 0 Å². The summed E-state index contributed by atoms with van der Waals surface area (Å²) in [6.07, 6.45) is 1.82. The van der Waals surface area contributed by atoms with Crippen molar-refractivity contribution >= 4 is 26.6 Å². The van der Waals surface area contributed by atoms with Crippen molar-refractivity contribution in [3.05, 3.63) is 131 Å². The summed E-state index contributed by atoms with van der Waals surface area (Å²) in [6, 6.07) is 32.4.